The molecule has 138 valence electrons. The number of carbonyl (C=O) groups is 1. The van der Waals surface area contributed by atoms with E-state index in [4.69, 9.17) is 4.74 Å². The number of aryl methyl sites for hydroxylation is 1. The Bertz CT molecular complexity index is 569. The van der Waals surface area contributed by atoms with Gasteiger partial charge in [-0.25, -0.2) is 9.97 Å². The first-order valence-electron chi connectivity index (χ1n) is 9.42. The van der Waals surface area contributed by atoms with E-state index in [1.54, 1.807) is 0 Å². The molecule has 2 aliphatic heterocycles. The Morgan fingerprint density at radius 2 is 1.96 bits per heavy atom. The molecule has 25 heavy (non-hydrogen) atoms. The molecule has 2 aliphatic rings. The van der Waals surface area contributed by atoms with Crippen LogP contribution in [0.15, 0.2) is 6.07 Å². The van der Waals surface area contributed by atoms with Gasteiger partial charge in [-0.05, 0) is 39.0 Å². The zero-order valence-electron chi connectivity index (χ0n) is 15.1. The minimum Gasteiger partial charge on any atom is -0.381 e. The summed E-state index contributed by atoms with van der Waals surface area (Å²) < 4.78 is 5.30. The Morgan fingerprint density at radius 3 is 2.72 bits per heavy atom. The quantitative estimate of drug-likeness (QED) is 0.763. The molecule has 1 aromatic heterocycles. The second kappa shape index (κ2) is 8.99. The highest BCUT2D eigenvalue weighted by molar-refractivity contribution is 5.78. The summed E-state index contributed by atoms with van der Waals surface area (Å²) in [5, 5.41) is 6.31. The number of rotatable bonds is 6. The Hall–Kier alpha value is -1.89. The van der Waals surface area contributed by atoms with Gasteiger partial charge >= 0.3 is 0 Å². The van der Waals surface area contributed by atoms with Gasteiger partial charge in [-0.2, -0.15) is 0 Å². The maximum atomic E-state index is 12.1. The lowest BCUT2D eigenvalue weighted by Crippen LogP contribution is -2.36. The molecule has 0 atom stereocenters. The predicted octanol–water partition coefficient (Wildman–Crippen LogP) is 1.73. The van der Waals surface area contributed by atoms with Gasteiger partial charge in [-0.3, -0.25) is 4.79 Å². The molecule has 3 heterocycles. The van der Waals surface area contributed by atoms with E-state index in [1.165, 1.54) is 19.3 Å². The number of piperidine rings is 1. The number of hydrogen-bond acceptors (Lipinski definition) is 6. The van der Waals surface area contributed by atoms with E-state index in [0.717, 1.165) is 43.4 Å². The second-order valence-corrected chi connectivity index (χ2v) is 6.81. The van der Waals surface area contributed by atoms with Gasteiger partial charge in [0.15, 0.2) is 0 Å². The highest BCUT2D eigenvalue weighted by Gasteiger charge is 2.20. The Balaban J connectivity index is 1.46. The normalized spacial score (nSPS) is 18.8. The summed E-state index contributed by atoms with van der Waals surface area (Å²) in [5.41, 5.74) is 0. The van der Waals surface area contributed by atoms with Crippen LogP contribution in [0.25, 0.3) is 0 Å². The minimum atomic E-state index is 0.0979. The molecule has 1 amide bonds. The van der Waals surface area contributed by atoms with E-state index < -0.39 is 0 Å². The fourth-order valence-corrected chi connectivity index (χ4v) is 3.41. The third-order valence-electron chi connectivity index (χ3n) is 4.83. The topological polar surface area (TPSA) is 79.4 Å². The number of aromatic nitrogens is 2. The first-order valence-corrected chi connectivity index (χ1v) is 9.42. The fraction of sp³-hybridized carbons (Fsp3) is 0.722. The second-order valence-electron chi connectivity index (χ2n) is 6.81. The lowest BCUT2D eigenvalue weighted by molar-refractivity contribution is -0.127. The molecule has 0 bridgehead atoms. The van der Waals surface area contributed by atoms with E-state index in [0.29, 0.717) is 26.3 Å². The van der Waals surface area contributed by atoms with Gasteiger partial charge in [0.25, 0.3) is 0 Å². The number of carbonyl (C=O) groups excluding carboxylic acids is 1. The molecule has 7 nitrogen and oxygen atoms in total. The van der Waals surface area contributed by atoms with Crippen molar-refractivity contribution in [2.75, 3.05) is 49.6 Å². The number of ether oxygens (including phenoxy) is 1. The van der Waals surface area contributed by atoms with Gasteiger partial charge in [-0.15, -0.1) is 0 Å². The number of anilines is 2. The number of nitrogens with zero attached hydrogens (tertiary/aromatic N) is 3. The Labute approximate surface area is 149 Å². The lowest BCUT2D eigenvalue weighted by Gasteiger charge is -2.28. The summed E-state index contributed by atoms with van der Waals surface area (Å²) in [6.45, 7) is 6.69. The van der Waals surface area contributed by atoms with Crippen LogP contribution >= 0.6 is 0 Å². The van der Waals surface area contributed by atoms with Crippen LogP contribution in [-0.4, -0.2) is 55.3 Å². The van der Waals surface area contributed by atoms with Crippen LogP contribution in [0.4, 0.5) is 11.6 Å². The molecule has 0 aliphatic carbocycles. The van der Waals surface area contributed by atoms with Crippen molar-refractivity contribution in [1.29, 1.82) is 0 Å². The molecule has 3 rings (SSSR count). The number of hydrogen-bond donors (Lipinski definition) is 2. The molecule has 2 saturated heterocycles. The summed E-state index contributed by atoms with van der Waals surface area (Å²) in [4.78, 5) is 23.5. The summed E-state index contributed by atoms with van der Waals surface area (Å²) >= 11 is 0. The summed E-state index contributed by atoms with van der Waals surface area (Å²) in [6.07, 6.45) is 5.40. The fourth-order valence-electron chi connectivity index (χ4n) is 3.41. The third kappa shape index (κ3) is 5.29. The average molecular weight is 347 g/mol. The molecule has 1 aromatic rings. The van der Waals surface area contributed by atoms with Crippen molar-refractivity contribution < 1.29 is 9.53 Å². The van der Waals surface area contributed by atoms with Crippen molar-refractivity contribution in [3.63, 3.8) is 0 Å². The first kappa shape index (κ1) is 17.9. The van der Waals surface area contributed by atoms with Gasteiger partial charge in [-0.1, -0.05) is 0 Å². The van der Waals surface area contributed by atoms with E-state index in [2.05, 4.69) is 25.5 Å². The molecular weight excluding hydrogens is 318 g/mol. The predicted molar refractivity (Wildman–Crippen MR) is 97.9 cm³/mol. The zero-order chi connectivity index (χ0) is 17.5. The molecule has 2 N–H and O–H groups in total. The maximum Gasteiger partial charge on any atom is 0.223 e. The molecule has 0 radical (unpaired) electrons. The average Bonchev–Trinajstić information content (AvgIpc) is 2.66. The standard InChI is InChI=1S/C18H29N5O2/c1-14-21-16(13-17(22-14)23-9-3-2-4-10-23)19-7-8-20-18(24)15-5-11-25-12-6-15/h13,15H,2-12H2,1H3,(H,20,24)(H,19,21,22). The highest BCUT2D eigenvalue weighted by Crippen LogP contribution is 2.20. The van der Waals surface area contributed by atoms with Crippen LogP contribution in [0.2, 0.25) is 0 Å². The van der Waals surface area contributed by atoms with Crippen molar-refractivity contribution in [1.82, 2.24) is 15.3 Å². The monoisotopic (exact) mass is 347 g/mol. The van der Waals surface area contributed by atoms with Gasteiger partial charge in [0.1, 0.15) is 17.5 Å². The van der Waals surface area contributed by atoms with Crippen molar-refractivity contribution in [3.8, 4) is 0 Å². The molecule has 0 aromatic carbocycles. The van der Waals surface area contributed by atoms with Crippen molar-refractivity contribution in [3.05, 3.63) is 11.9 Å². The van der Waals surface area contributed by atoms with Crippen LogP contribution in [0.3, 0.4) is 0 Å². The number of amides is 1. The molecule has 0 spiro atoms. The van der Waals surface area contributed by atoms with Gasteiger partial charge in [0.2, 0.25) is 5.91 Å². The Kier molecular flexibility index (Phi) is 6.44. The molecule has 2 fully saturated rings. The minimum absolute atomic E-state index is 0.0979. The maximum absolute atomic E-state index is 12.1. The SMILES string of the molecule is Cc1nc(NCCNC(=O)C2CCOCC2)cc(N2CCCCC2)n1. The van der Waals surface area contributed by atoms with Crippen LogP contribution in [-0.2, 0) is 9.53 Å². The van der Waals surface area contributed by atoms with Crippen LogP contribution in [0.1, 0.15) is 37.9 Å². The zero-order valence-corrected chi connectivity index (χ0v) is 15.1. The molecule has 0 unspecified atom stereocenters. The summed E-state index contributed by atoms with van der Waals surface area (Å²) in [5.74, 6) is 2.84. The smallest absolute Gasteiger partial charge is 0.223 e. The third-order valence-corrected chi connectivity index (χ3v) is 4.83. The van der Waals surface area contributed by atoms with E-state index in [9.17, 15) is 4.79 Å². The van der Waals surface area contributed by atoms with Gasteiger partial charge in [0.05, 0.1) is 0 Å². The first-order chi connectivity index (χ1) is 12.2. The lowest BCUT2D eigenvalue weighted by atomic mass is 9.99. The summed E-state index contributed by atoms with van der Waals surface area (Å²) in [7, 11) is 0. The summed E-state index contributed by atoms with van der Waals surface area (Å²) in [6, 6.07) is 2.01. The molecule has 0 saturated carbocycles. The Morgan fingerprint density at radius 1 is 1.20 bits per heavy atom. The van der Waals surface area contributed by atoms with E-state index in [-0.39, 0.29) is 11.8 Å². The van der Waals surface area contributed by atoms with E-state index in [1.807, 2.05) is 13.0 Å². The van der Waals surface area contributed by atoms with Crippen molar-refractivity contribution >= 4 is 17.5 Å². The highest BCUT2D eigenvalue weighted by atomic mass is 16.5. The van der Waals surface area contributed by atoms with Gasteiger partial charge in [0, 0.05) is 51.4 Å². The van der Waals surface area contributed by atoms with Crippen LogP contribution in [0.5, 0.6) is 0 Å². The van der Waals surface area contributed by atoms with Crippen molar-refractivity contribution in [2.45, 2.75) is 39.0 Å². The molecule has 7 heteroatoms. The molecular formula is C18H29N5O2. The largest absolute Gasteiger partial charge is 0.381 e. The van der Waals surface area contributed by atoms with Crippen molar-refractivity contribution in [2.24, 2.45) is 5.92 Å². The van der Waals surface area contributed by atoms with Crippen LogP contribution < -0.4 is 15.5 Å². The van der Waals surface area contributed by atoms with Gasteiger partial charge < -0.3 is 20.3 Å². The van der Waals surface area contributed by atoms with E-state index >= 15 is 0 Å². The number of nitrogens with one attached hydrogen (secondary N) is 2. The van der Waals surface area contributed by atoms with Crippen LogP contribution in [0, 0.1) is 12.8 Å².